The number of rotatable bonds is 5. The molecule has 0 unspecified atom stereocenters. The van der Waals surface area contributed by atoms with E-state index in [2.05, 4.69) is 5.32 Å². The van der Waals surface area contributed by atoms with E-state index in [9.17, 15) is 17.6 Å². The molecule has 1 nitrogen and oxygen atoms in total. The largest absolute Gasteiger partial charge is 0.398 e. The Hall–Kier alpha value is -1.69. The summed E-state index contributed by atoms with van der Waals surface area (Å²) in [5.41, 5.74) is 2.79. The van der Waals surface area contributed by atoms with Crippen LogP contribution < -0.4 is 5.32 Å². The Kier molecular flexibility index (Phi) is 5.57. The number of hydrogen-bond acceptors (Lipinski definition) is 2. The highest BCUT2D eigenvalue weighted by Crippen LogP contribution is 2.32. The van der Waals surface area contributed by atoms with Crippen LogP contribution in [0.15, 0.2) is 41.3 Å². The van der Waals surface area contributed by atoms with E-state index >= 15 is 0 Å². The molecule has 0 aliphatic rings. The van der Waals surface area contributed by atoms with E-state index in [1.165, 1.54) is 12.1 Å². The smallest absolute Gasteiger partial charge is 0.379 e. The van der Waals surface area contributed by atoms with Crippen molar-refractivity contribution >= 4 is 17.4 Å². The standard InChI is InChI=1S/C17H17F4NS/c1-11-5-3-4-6-13(11)9-22-15-8-16(12(2)7-14(15)18)23-10-17(19,20)21/h3-8,22H,9-10H2,1-2H3. The lowest BCUT2D eigenvalue weighted by atomic mass is 10.1. The second-order valence-electron chi connectivity index (χ2n) is 5.28. The molecule has 0 spiro atoms. The maximum absolute atomic E-state index is 14.0. The van der Waals surface area contributed by atoms with Gasteiger partial charge < -0.3 is 5.32 Å². The van der Waals surface area contributed by atoms with Crippen molar-refractivity contribution in [2.75, 3.05) is 11.1 Å². The van der Waals surface area contributed by atoms with Gasteiger partial charge in [0.15, 0.2) is 0 Å². The molecule has 0 saturated carbocycles. The molecule has 124 valence electrons. The van der Waals surface area contributed by atoms with Gasteiger partial charge in [-0.3, -0.25) is 0 Å². The minimum Gasteiger partial charge on any atom is -0.379 e. The zero-order valence-electron chi connectivity index (χ0n) is 12.8. The zero-order valence-corrected chi connectivity index (χ0v) is 13.6. The Morgan fingerprint density at radius 2 is 1.74 bits per heavy atom. The molecule has 2 rings (SSSR count). The molecule has 6 heteroatoms. The Labute approximate surface area is 137 Å². The molecule has 0 aliphatic carbocycles. The quantitative estimate of drug-likeness (QED) is 0.551. The maximum Gasteiger partial charge on any atom is 0.398 e. The third kappa shape index (κ3) is 5.16. The van der Waals surface area contributed by atoms with Gasteiger partial charge in [-0.2, -0.15) is 13.2 Å². The molecule has 2 aromatic carbocycles. The first-order chi connectivity index (χ1) is 10.8. The van der Waals surface area contributed by atoms with Gasteiger partial charge in [0, 0.05) is 11.4 Å². The normalized spacial score (nSPS) is 11.6. The molecule has 2 aromatic rings. The fraction of sp³-hybridized carbons (Fsp3) is 0.294. The van der Waals surface area contributed by atoms with E-state index < -0.39 is 17.7 Å². The van der Waals surface area contributed by atoms with Gasteiger partial charge >= 0.3 is 6.18 Å². The van der Waals surface area contributed by atoms with Crippen LogP contribution in [0.2, 0.25) is 0 Å². The van der Waals surface area contributed by atoms with Crippen molar-refractivity contribution in [2.24, 2.45) is 0 Å². The van der Waals surface area contributed by atoms with Gasteiger partial charge in [0.05, 0.1) is 11.4 Å². The van der Waals surface area contributed by atoms with Crippen molar-refractivity contribution in [2.45, 2.75) is 31.5 Å². The van der Waals surface area contributed by atoms with E-state index in [4.69, 9.17) is 0 Å². The average Bonchev–Trinajstić information content (AvgIpc) is 2.46. The van der Waals surface area contributed by atoms with E-state index in [1.54, 1.807) is 6.92 Å². The van der Waals surface area contributed by atoms with Gasteiger partial charge in [0.1, 0.15) is 5.82 Å². The molecular formula is C17H17F4NS. The van der Waals surface area contributed by atoms with Crippen LogP contribution in [0.25, 0.3) is 0 Å². The summed E-state index contributed by atoms with van der Waals surface area (Å²) >= 11 is 0.670. The predicted octanol–water partition coefficient (Wildman–Crippen LogP) is 5.71. The number of aryl methyl sites for hydroxylation is 2. The lowest BCUT2D eigenvalue weighted by Crippen LogP contribution is -2.11. The molecule has 0 atom stereocenters. The van der Waals surface area contributed by atoms with Crippen LogP contribution in [0, 0.1) is 19.7 Å². The van der Waals surface area contributed by atoms with E-state index in [-0.39, 0.29) is 5.69 Å². The van der Waals surface area contributed by atoms with Crippen LogP contribution in [0.3, 0.4) is 0 Å². The Morgan fingerprint density at radius 1 is 1.04 bits per heavy atom. The Morgan fingerprint density at radius 3 is 2.39 bits per heavy atom. The van der Waals surface area contributed by atoms with Crippen molar-refractivity contribution in [3.63, 3.8) is 0 Å². The summed E-state index contributed by atoms with van der Waals surface area (Å²) in [6, 6.07) is 10.4. The minimum atomic E-state index is -4.25. The Balaban J connectivity index is 2.14. The monoisotopic (exact) mass is 343 g/mol. The maximum atomic E-state index is 14.0. The number of halogens is 4. The highest BCUT2D eigenvalue weighted by atomic mass is 32.2. The van der Waals surface area contributed by atoms with Crippen LogP contribution in [0.5, 0.6) is 0 Å². The number of alkyl halides is 3. The van der Waals surface area contributed by atoms with Crippen molar-refractivity contribution in [1.29, 1.82) is 0 Å². The van der Waals surface area contributed by atoms with Crippen molar-refractivity contribution in [1.82, 2.24) is 0 Å². The van der Waals surface area contributed by atoms with Gasteiger partial charge in [0.25, 0.3) is 0 Å². The summed E-state index contributed by atoms with van der Waals surface area (Å²) in [7, 11) is 0. The van der Waals surface area contributed by atoms with Crippen LogP contribution in [-0.4, -0.2) is 11.9 Å². The second-order valence-corrected chi connectivity index (χ2v) is 6.30. The zero-order chi connectivity index (χ0) is 17.0. The molecule has 0 radical (unpaired) electrons. The third-order valence-electron chi connectivity index (χ3n) is 3.39. The van der Waals surface area contributed by atoms with Crippen LogP contribution >= 0.6 is 11.8 Å². The average molecular weight is 343 g/mol. The molecular weight excluding hydrogens is 326 g/mol. The molecule has 0 aliphatic heterocycles. The summed E-state index contributed by atoms with van der Waals surface area (Å²) in [6.45, 7) is 3.97. The lowest BCUT2D eigenvalue weighted by Gasteiger charge is -2.14. The highest BCUT2D eigenvalue weighted by Gasteiger charge is 2.27. The first kappa shape index (κ1) is 17.7. The number of benzene rings is 2. The lowest BCUT2D eigenvalue weighted by molar-refractivity contribution is -0.105. The Bertz CT molecular complexity index is 683. The van der Waals surface area contributed by atoms with Gasteiger partial charge in [-0.15, -0.1) is 11.8 Å². The fourth-order valence-corrected chi connectivity index (χ4v) is 2.91. The van der Waals surface area contributed by atoms with Gasteiger partial charge in [0.2, 0.25) is 0 Å². The molecule has 1 N–H and O–H groups in total. The highest BCUT2D eigenvalue weighted by molar-refractivity contribution is 7.99. The first-order valence-electron chi connectivity index (χ1n) is 7.04. The van der Waals surface area contributed by atoms with Gasteiger partial charge in [-0.25, -0.2) is 4.39 Å². The SMILES string of the molecule is Cc1ccccc1CNc1cc(SCC(F)(F)F)c(C)cc1F. The molecule has 0 amide bonds. The van der Waals surface area contributed by atoms with E-state index in [1.807, 2.05) is 31.2 Å². The first-order valence-corrected chi connectivity index (χ1v) is 8.03. The molecule has 0 heterocycles. The topological polar surface area (TPSA) is 12.0 Å². The van der Waals surface area contributed by atoms with Crippen molar-refractivity contribution in [3.8, 4) is 0 Å². The van der Waals surface area contributed by atoms with E-state index in [0.717, 1.165) is 11.1 Å². The molecule has 0 saturated heterocycles. The number of anilines is 1. The molecule has 0 aromatic heterocycles. The number of nitrogens with one attached hydrogen (secondary N) is 1. The summed E-state index contributed by atoms with van der Waals surface area (Å²) in [4.78, 5) is 0.427. The summed E-state index contributed by atoms with van der Waals surface area (Å²) in [5.74, 6) is -1.45. The molecule has 0 fully saturated rings. The van der Waals surface area contributed by atoms with Gasteiger partial charge in [-0.05, 0) is 42.7 Å². The molecule has 23 heavy (non-hydrogen) atoms. The van der Waals surface area contributed by atoms with Crippen LogP contribution in [-0.2, 0) is 6.54 Å². The second kappa shape index (κ2) is 7.25. The minimum absolute atomic E-state index is 0.212. The summed E-state index contributed by atoms with van der Waals surface area (Å²) < 4.78 is 51.1. The van der Waals surface area contributed by atoms with Crippen LogP contribution in [0.4, 0.5) is 23.2 Å². The predicted molar refractivity (Wildman–Crippen MR) is 86.4 cm³/mol. The summed E-state index contributed by atoms with van der Waals surface area (Å²) in [5, 5.41) is 2.97. The van der Waals surface area contributed by atoms with Crippen molar-refractivity contribution in [3.05, 3.63) is 58.9 Å². The third-order valence-corrected chi connectivity index (χ3v) is 4.61. The number of hydrogen-bond donors (Lipinski definition) is 1. The van der Waals surface area contributed by atoms with Crippen LogP contribution in [0.1, 0.15) is 16.7 Å². The summed E-state index contributed by atoms with van der Waals surface area (Å²) in [6.07, 6.45) is -4.25. The number of thioether (sulfide) groups is 1. The molecule has 0 bridgehead atoms. The van der Waals surface area contributed by atoms with Crippen molar-refractivity contribution < 1.29 is 17.6 Å². The fourth-order valence-electron chi connectivity index (χ4n) is 2.10. The van der Waals surface area contributed by atoms with E-state index in [0.29, 0.717) is 28.8 Å². The van der Waals surface area contributed by atoms with Gasteiger partial charge in [-0.1, -0.05) is 24.3 Å².